The second-order valence-corrected chi connectivity index (χ2v) is 5.17. The van der Waals surface area contributed by atoms with Gasteiger partial charge in [0.15, 0.2) is 0 Å². The van der Waals surface area contributed by atoms with E-state index in [0.29, 0.717) is 6.54 Å². The Kier molecular flexibility index (Phi) is 4.13. The Morgan fingerprint density at radius 1 is 1.15 bits per heavy atom. The Bertz CT molecular complexity index is 579. The van der Waals surface area contributed by atoms with Gasteiger partial charge in [-0.1, -0.05) is 12.1 Å². The van der Waals surface area contributed by atoms with Crippen LogP contribution in [-0.4, -0.2) is 10.9 Å². The number of halogens is 1. The van der Waals surface area contributed by atoms with Gasteiger partial charge in [-0.25, -0.2) is 4.39 Å². The molecule has 0 atom stereocenters. The highest BCUT2D eigenvalue weighted by molar-refractivity contribution is 5.87. The van der Waals surface area contributed by atoms with E-state index in [4.69, 9.17) is 0 Å². The summed E-state index contributed by atoms with van der Waals surface area (Å²) in [7, 11) is 0. The van der Waals surface area contributed by atoms with Crippen LogP contribution in [-0.2, 0) is 16.8 Å². The van der Waals surface area contributed by atoms with Crippen molar-refractivity contribution in [1.82, 2.24) is 10.3 Å². The molecule has 0 aliphatic heterocycles. The summed E-state index contributed by atoms with van der Waals surface area (Å²) in [6.07, 6.45) is 3.37. The predicted molar refractivity (Wildman–Crippen MR) is 75.5 cm³/mol. The van der Waals surface area contributed by atoms with E-state index in [1.165, 1.54) is 12.1 Å². The van der Waals surface area contributed by atoms with Gasteiger partial charge in [0, 0.05) is 18.9 Å². The highest BCUT2D eigenvalue weighted by atomic mass is 19.1. The van der Waals surface area contributed by atoms with Crippen LogP contribution < -0.4 is 5.32 Å². The molecule has 104 valence electrons. The smallest absolute Gasteiger partial charge is 0.230 e. The number of carbonyl (C=O) groups is 1. The van der Waals surface area contributed by atoms with Gasteiger partial charge in [0.05, 0.1) is 5.41 Å². The average molecular weight is 272 g/mol. The lowest BCUT2D eigenvalue weighted by atomic mass is 9.83. The minimum atomic E-state index is -0.708. The van der Waals surface area contributed by atoms with Gasteiger partial charge in [-0.2, -0.15) is 0 Å². The second-order valence-electron chi connectivity index (χ2n) is 5.17. The number of benzene rings is 1. The number of aromatic nitrogens is 1. The summed E-state index contributed by atoms with van der Waals surface area (Å²) in [4.78, 5) is 16.2. The van der Waals surface area contributed by atoms with E-state index in [1.54, 1.807) is 24.5 Å². The minimum Gasteiger partial charge on any atom is -0.351 e. The van der Waals surface area contributed by atoms with E-state index >= 15 is 0 Å². The third-order valence-corrected chi connectivity index (χ3v) is 3.34. The number of amides is 1. The van der Waals surface area contributed by atoms with Crippen molar-refractivity contribution >= 4 is 5.91 Å². The normalized spacial score (nSPS) is 11.2. The lowest BCUT2D eigenvalue weighted by Crippen LogP contribution is -2.39. The molecule has 0 aliphatic carbocycles. The van der Waals surface area contributed by atoms with E-state index in [9.17, 15) is 9.18 Å². The Balaban J connectivity index is 2.05. The fourth-order valence-corrected chi connectivity index (χ4v) is 1.90. The zero-order valence-corrected chi connectivity index (χ0v) is 11.6. The zero-order chi connectivity index (χ0) is 14.6. The molecule has 1 aromatic heterocycles. The van der Waals surface area contributed by atoms with Gasteiger partial charge in [-0.15, -0.1) is 0 Å². The summed E-state index contributed by atoms with van der Waals surface area (Å²) in [5.74, 6) is -0.400. The van der Waals surface area contributed by atoms with Crippen LogP contribution in [0.15, 0.2) is 48.8 Å². The SMILES string of the molecule is CC(C)(C(=O)NCc1ccncc1)c1ccc(F)cc1. The van der Waals surface area contributed by atoms with Gasteiger partial charge >= 0.3 is 0 Å². The number of nitrogens with one attached hydrogen (secondary N) is 1. The summed E-state index contributed by atoms with van der Waals surface area (Å²) in [6.45, 7) is 4.09. The highest BCUT2D eigenvalue weighted by Crippen LogP contribution is 2.23. The van der Waals surface area contributed by atoms with Crippen molar-refractivity contribution in [1.29, 1.82) is 0 Å². The van der Waals surface area contributed by atoms with E-state index in [2.05, 4.69) is 10.3 Å². The van der Waals surface area contributed by atoms with Crippen LogP contribution in [0.25, 0.3) is 0 Å². The first-order valence-corrected chi connectivity index (χ1v) is 6.43. The summed E-state index contributed by atoms with van der Waals surface area (Å²) in [6, 6.07) is 9.72. The van der Waals surface area contributed by atoms with Crippen molar-refractivity contribution in [3.05, 3.63) is 65.7 Å². The fourth-order valence-electron chi connectivity index (χ4n) is 1.90. The molecule has 0 aliphatic rings. The molecule has 0 unspecified atom stereocenters. The fraction of sp³-hybridized carbons (Fsp3) is 0.250. The lowest BCUT2D eigenvalue weighted by Gasteiger charge is -2.24. The van der Waals surface area contributed by atoms with Crippen molar-refractivity contribution in [2.45, 2.75) is 25.8 Å². The molecule has 20 heavy (non-hydrogen) atoms. The van der Waals surface area contributed by atoms with Crippen LogP contribution in [0.4, 0.5) is 4.39 Å². The average Bonchev–Trinajstić information content (AvgIpc) is 2.46. The molecule has 0 saturated heterocycles. The number of pyridine rings is 1. The maximum absolute atomic E-state index is 12.9. The summed E-state index contributed by atoms with van der Waals surface area (Å²) < 4.78 is 12.9. The number of hydrogen-bond acceptors (Lipinski definition) is 2. The lowest BCUT2D eigenvalue weighted by molar-refractivity contribution is -0.125. The van der Waals surface area contributed by atoms with Crippen LogP contribution in [0.3, 0.4) is 0 Å². The highest BCUT2D eigenvalue weighted by Gasteiger charge is 2.29. The Hall–Kier alpha value is -2.23. The Morgan fingerprint density at radius 3 is 2.35 bits per heavy atom. The molecule has 0 bridgehead atoms. The molecule has 1 N–H and O–H groups in total. The molecular formula is C16H17FN2O. The predicted octanol–water partition coefficient (Wildman–Crippen LogP) is 2.81. The molecule has 0 fully saturated rings. The third kappa shape index (κ3) is 3.20. The summed E-state index contributed by atoms with van der Waals surface area (Å²) in [5, 5.41) is 2.89. The van der Waals surface area contributed by atoms with Gasteiger partial charge in [0.2, 0.25) is 5.91 Å². The van der Waals surface area contributed by atoms with Crippen LogP contribution in [0.2, 0.25) is 0 Å². The molecule has 2 aromatic rings. The van der Waals surface area contributed by atoms with Crippen molar-refractivity contribution in [2.24, 2.45) is 0 Å². The maximum atomic E-state index is 12.9. The van der Waals surface area contributed by atoms with E-state index < -0.39 is 5.41 Å². The molecule has 0 saturated carbocycles. The van der Waals surface area contributed by atoms with Crippen molar-refractivity contribution in [2.75, 3.05) is 0 Å². The Labute approximate surface area is 117 Å². The number of rotatable bonds is 4. The molecule has 2 rings (SSSR count). The van der Waals surface area contributed by atoms with Gasteiger partial charge < -0.3 is 5.32 Å². The molecule has 0 radical (unpaired) electrons. The first-order chi connectivity index (χ1) is 9.50. The van der Waals surface area contributed by atoms with Crippen LogP contribution in [0.1, 0.15) is 25.0 Å². The Morgan fingerprint density at radius 2 is 1.75 bits per heavy atom. The topological polar surface area (TPSA) is 42.0 Å². The summed E-state index contributed by atoms with van der Waals surface area (Å²) >= 11 is 0. The molecular weight excluding hydrogens is 255 g/mol. The van der Waals surface area contributed by atoms with Gasteiger partial charge in [-0.05, 0) is 49.2 Å². The minimum absolute atomic E-state index is 0.0964. The van der Waals surface area contributed by atoms with E-state index in [-0.39, 0.29) is 11.7 Å². The summed E-state index contributed by atoms with van der Waals surface area (Å²) in [5.41, 5.74) is 1.06. The van der Waals surface area contributed by atoms with Crippen molar-refractivity contribution in [3.63, 3.8) is 0 Å². The van der Waals surface area contributed by atoms with Crippen LogP contribution in [0.5, 0.6) is 0 Å². The first kappa shape index (κ1) is 14.2. The number of nitrogens with zero attached hydrogens (tertiary/aromatic N) is 1. The van der Waals surface area contributed by atoms with Gasteiger partial charge in [0.1, 0.15) is 5.82 Å². The van der Waals surface area contributed by atoms with E-state index in [1.807, 2.05) is 26.0 Å². The molecule has 1 aromatic carbocycles. The standard InChI is InChI=1S/C16H17FN2O/c1-16(2,13-3-5-14(17)6-4-13)15(20)19-11-12-7-9-18-10-8-12/h3-10H,11H2,1-2H3,(H,19,20). The molecule has 0 spiro atoms. The van der Waals surface area contributed by atoms with E-state index in [0.717, 1.165) is 11.1 Å². The third-order valence-electron chi connectivity index (χ3n) is 3.34. The largest absolute Gasteiger partial charge is 0.351 e. The van der Waals surface area contributed by atoms with Crippen LogP contribution >= 0.6 is 0 Å². The number of carbonyl (C=O) groups excluding carboxylic acids is 1. The molecule has 4 heteroatoms. The number of hydrogen-bond donors (Lipinski definition) is 1. The van der Waals surface area contributed by atoms with Gasteiger partial charge in [0.25, 0.3) is 0 Å². The molecule has 1 heterocycles. The van der Waals surface area contributed by atoms with Gasteiger partial charge in [-0.3, -0.25) is 9.78 Å². The maximum Gasteiger partial charge on any atom is 0.230 e. The quantitative estimate of drug-likeness (QED) is 0.930. The molecule has 1 amide bonds. The van der Waals surface area contributed by atoms with Crippen molar-refractivity contribution in [3.8, 4) is 0 Å². The molecule has 3 nitrogen and oxygen atoms in total. The van der Waals surface area contributed by atoms with Crippen molar-refractivity contribution < 1.29 is 9.18 Å². The monoisotopic (exact) mass is 272 g/mol. The van der Waals surface area contributed by atoms with Crippen LogP contribution in [0, 0.1) is 5.82 Å². The zero-order valence-electron chi connectivity index (χ0n) is 11.6. The first-order valence-electron chi connectivity index (χ1n) is 6.43. The second kappa shape index (κ2) is 5.82.